The third-order valence-corrected chi connectivity index (χ3v) is 3.72. The first-order chi connectivity index (χ1) is 9.13. The number of rotatable bonds is 3. The molecule has 1 aromatic carbocycles. The summed E-state index contributed by atoms with van der Waals surface area (Å²) in [4.78, 5) is 12.0. The first-order valence-electron chi connectivity index (χ1n) is 7.01. The summed E-state index contributed by atoms with van der Waals surface area (Å²) in [6, 6.07) is 5.65. The number of nitrogens with one attached hydrogen (secondary N) is 2. The molecule has 1 aliphatic heterocycles. The number of aliphatic hydroxyl groups excluding tert-OH is 1. The van der Waals surface area contributed by atoms with Crippen molar-refractivity contribution in [1.29, 1.82) is 0 Å². The van der Waals surface area contributed by atoms with Gasteiger partial charge in [0.05, 0.1) is 11.5 Å². The lowest BCUT2D eigenvalue weighted by molar-refractivity contribution is -0.119. The van der Waals surface area contributed by atoms with Crippen LogP contribution in [0.25, 0.3) is 0 Å². The van der Waals surface area contributed by atoms with E-state index in [1.807, 2.05) is 32.0 Å². The molecule has 0 bridgehead atoms. The van der Waals surface area contributed by atoms with Gasteiger partial charge in [0, 0.05) is 17.8 Å². The highest BCUT2D eigenvalue weighted by atomic mass is 16.3. The molecule has 20 heavy (non-hydrogen) atoms. The molecule has 0 fully saturated rings. The minimum absolute atomic E-state index is 0.0177. The Hall–Kier alpha value is -1.39. The lowest BCUT2D eigenvalue weighted by Crippen LogP contribution is -2.39. The Balaban J connectivity index is 2.31. The van der Waals surface area contributed by atoms with Crippen LogP contribution in [0, 0.1) is 0 Å². The van der Waals surface area contributed by atoms with E-state index < -0.39 is 11.5 Å². The molecule has 0 unspecified atom stereocenters. The maximum absolute atomic E-state index is 12.0. The fraction of sp³-hybridized carbons (Fsp3) is 0.562. The van der Waals surface area contributed by atoms with Gasteiger partial charge in [0.25, 0.3) is 0 Å². The van der Waals surface area contributed by atoms with Crippen molar-refractivity contribution < 1.29 is 9.90 Å². The molecule has 1 heterocycles. The summed E-state index contributed by atoms with van der Waals surface area (Å²) < 4.78 is 0. The number of benzene rings is 1. The summed E-state index contributed by atoms with van der Waals surface area (Å²) in [5.41, 5.74) is 1.89. The minimum atomic E-state index is -0.629. The molecule has 0 saturated heterocycles. The van der Waals surface area contributed by atoms with Gasteiger partial charge in [-0.2, -0.15) is 0 Å². The van der Waals surface area contributed by atoms with E-state index in [0.717, 1.165) is 16.8 Å². The van der Waals surface area contributed by atoms with Crippen LogP contribution in [0.3, 0.4) is 0 Å². The van der Waals surface area contributed by atoms with E-state index in [0.29, 0.717) is 6.54 Å². The van der Waals surface area contributed by atoms with Gasteiger partial charge in [0.15, 0.2) is 0 Å². The minimum Gasteiger partial charge on any atom is -0.387 e. The first-order valence-corrected chi connectivity index (χ1v) is 7.01. The summed E-state index contributed by atoms with van der Waals surface area (Å²) in [6.07, 6.45) is -0.629. The van der Waals surface area contributed by atoms with E-state index in [1.54, 1.807) is 0 Å². The Morgan fingerprint density at radius 1 is 1.35 bits per heavy atom. The van der Waals surface area contributed by atoms with Crippen LogP contribution in [-0.2, 0) is 10.2 Å². The number of aliphatic hydroxyl groups is 1. The van der Waals surface area contributed by atoms with Crippen molar-refractivity contribution in [2.75, 3.05) is 11.9 Å². The predicted molar refractivity (Wildman–Crippen MR) is 80.8 cm³/mol. The predicted octanol–water partition coefficient (Wildman–Crippen LogP) is 2.34. The van der Waals surface area contributed by atoms with Crippen molar-refractivity contribution in [3.8, 4) is 0 Å². The number of hydrogen-bond acceptors (Lipinski definition) is 3. The van der Waals surface area contributed by atoms with E-state index >= 15 is 0 Å². The second-order valence-corrected chi connectivity index (χ2v) is 7.00. The summed E-state index contributed by atoms with van der Waals surface area (Å²) in [7, 11) is 0. The average molecular weight is 276 g/mol. The van der Waals surface area contributed by atoms with Crippen LogP contribution in [0.1, 0.15) is 51.8 Å². The molecule has 0 radical (unpaired) electrons. The van der Waals surface area contributed by atoms with Crippen LogP contribution in [0.15, 0.2) is 18.2 Å². The Morgan fingerprint density at radius 2 is 2.00 bits per heavy atom. The van der Waals surface area contributed by atoms with Gasteiger partial charge in [0.1, 0.15) is 0 Å². The highest BCUT2D eigenvalue weighted by Crippen LogP contribution is 2.41. The van der Waals surface area contributed by atoms with E-state index in [1.165, 1.54) is 0 Å². The van der Waals surface area contributed by atoms with Gasteiger partial charge >= 0.3 is 0 Å². The molecular formula is C16H24N2O2. The first kappa shape index (κ1) is 15.0. The standard InChI is InChI=1S/C16H24N2O2/c1-15(2,3)17-9-12(19)10-7-6-8-11-13(10)16(4,5)14(20)18-11/h6-8,12,17,19H,9H2,1-5H3,(H,18,20)/t12-/m0/s1. The summed E-state index contributed by atoms with van der Waals surface area (Å²) in [5.74, 6) is -0.0177. The van der Waals surface area contributed by atoms with Crippen LogP contribution in [0.2, 0.25) is 0 Å². The average Bonchev–Trinajstić information content (AvgIpc) is 2.56. The molecular weight excluding hydrogens is 252 g/mol. The summed E-state index contributed by atoms with van der Waals surface area (Å²) in [5, 5.41) is 16.6. The normalized spacial score (nSPS) is 18.6. The third-order valence-electron chi connectivity index (χ3n) is 3.72. The van der Waals surface area contributed by atoms with Gasteiger partial charge in [-0.3, -0.25) is 4.79 Å². The zero-order chi connectivity index (χ0) is 15.1. The van der Waals surface area contributed by atoms with Gasteiger partial charge < -0.3 is 15.7 Å². The van der Waals surface area contributed by atoms with Gasteiger partial charge in [-0.25, -0.2) is 0 Å². The van der Waals surface area contributed by atoms with Crippen LogP contribution >= 0.6 is 0 Å². The number of β-amino-alcohol motifs (C(OH)–C–C–N with tert-alkyl or cyclic N) is 1. The Kier molecular flexibility index (Phi) is 3.65. The van der Waals surface area contributed by atoms with Crippen LogP contribution in [0.4, 0.5) is 5.69 Å². The summed E-state index contributed by atoms with van der Waals surface area (Å²) in [6.45, 7) is 10.4. The maximum Gasteiger partial charge on any atom is 0.234 e. The highest BCUT2D eigenvalue weighted by Gasteiger charge is 2.41. The second kappa shape index (κ2) is 4.86. The van der Waals surface area contributed by atoms with E-state index in [2.05, 4.69) is 31.4 Å². The van der Waals surface area contributed by atoms with Crippen molar-refractivity contribution in [3.05, 3.63) is 29.3 Å². The van der Waals surface area contributed by atoms with Gasteiger partial charge in [0.2, 0.25) is 5.91 Å². The molecule has 110 valence electrons. The molecule has 1 aliphatic rings. The van der Waals surface area contributed by atoms with Gasteiger partial charge in [-0.1, -0.05) is 12.1 Å². The number of carbonyl (C=O) groups is 1. The van der Waals surface area contributed by atoms with E-state index in [-0.39, 0.29) is 11.4 Å². The zero-order valence-corrected chi connectivity index (χ0v) is 12.9. The molecule has 1 aromatic rings. The number of amides is 1. The largest absolute Gasteiger partial charge is 0.387 e. The topological polar surface area (TPSA) is 61.4 Å². The molecule has 1 atom stereocenters. The van der Waals surface area contributed by atoms with Crippen LogP contribution < -0.4 is 10.6 Å². The SMILES string of the molecule is CC(C)(C)NC[C@H](O)c1cccc2c1C(C)(C)C(=O)N2. The number of anilines is 1. The quantitative estimate of drug-likeness (QED) is 0.794. The smallest absolute Gasteiger partial charge is 0.234 e. The van der Waals surface area contributed by atoms with Gasteiger partial charge in [-0.15, -0.1) is 0 Å². The third kappa shape index (κ3) is 2.72. The summed E-state index contributed by atoms with van der Waals surface area (Å²) >= 11 is 0. The molecule has 0 aliphatic carbocycles. The lowest BCUT2D eigenvalue weighted by atomic mass is 9.81. The number of hydrogen-bond donors (Lipinski definition) is 3. The molecule has 4 nitrogen and oxygen atoms in total. The lowest BCUT2D eigenvalue weighted by Gasteiger charge is -2.26. The fourth-order valence-electron chi connectivity index (χ4n) is 2.55. The van der Waals surface area contributed by atoms with Gasteiger partial charge in [-0.05, 0) is 51.8 Å². The highest BCUT2D eigenvalue weighted by molar-refractivity contribution is 6.06. The van der Waals surface area contributed by atoms with E-state index in [4.69, 9.17) is 0 Å². The molecule has 3 N–H and O–H groups in total. The second-order valence-electron chi connectivity index (χ2n) is 7.00. The molecule has 0 saturated carbocycles. The number of fused-ring (bicyclic) bond motifs is 1. The Morgan fingerprint density at radius 3 is 2.60 bits per heavy atom. The van der Waals surface area contributed by atoms with Crippen molar-refractivity contribution in [2.24, 2.45) is 0 Å². The molecule has 1 amide bonds. The molecule has 0 spiro atoms. The monoisotopic (exact) mass is 276 g/mol. The Labute approximate surface area is 120 Å². The molecule has 2 rings (SSSR count). The molecule has 4 heteroatoms. The fourth-order valence-corrected chi connectivity index (χ4v) is 2.55. The van der Waals surface area contributed by atoms with Crippen molar-refractivity contribution in [3.63, 3.8) is 0 Å². The van der Waals surface area contributed by atoms with Crippen molar-refractivity contribution in [2.45, 2.75) is 51.7 Å². The number of carbonyl (C=O) groups excluding carboxylic acids is 1. The zero-order valence-electron chi connectivity index (χ0n) is 12.9. The van der Waals surface area contributed by atoms with Crippen molar-refractivity contribution in [1.82, 2.24) is 5.32 Å². The Bertz CT molecular complexity index is 530. The molecule has 0 aromatic heterocycles. The van der Waals surface area contributed by atoms with Crippen LogP contribution in [-0.4, -0.2) is 23.1 Å². The van der Waals surface area contributed by atoms with E-state index in [9.17, 15) is 9.90 Å². The van der Waals surface area contributed by atoms with Crippen LogP contribution in [0.5, 0.6) is 0 Å². The maximum atomic E-state index is 12.0. The van der Waals surface area contributed by atoms with Crippen molar-refractivity contribution >= 4 is 11.6 Å².